The number of hydrazine groups is 1. The average molecular weight is 507 g/mol. The van der Waals surface area contributed by atoms with E-state index < -0.39 is 6.09 Å². The van der Waals surface area contributed by atoms with Crippen molar-refractivity contribution in [2.45, 2.75) is 13.2 Å². The first-order chi connectivity index (χ1) is 18.1. The number of fused-ring (bicyclic) bond motifs is 1. The van der Waals surface area contributed by atoms with Gasteiger partial charge in [-0.1, -0.05) is 30.3 Å². The monoisotopic (exact) mass is 506 g/mol. The minimum absolute atomic E-state index is 0.170. The molecule has 0 bridgehead atoms. The molecule has 1 saturated heterocycles. The van der Waals surface area contributed by atoms with E-state index in [0.717, 1.165) is 41.2 Å². The molecule has 1 aliphatic rings. The third kappa shape index (κ3) is 5.65. The Kier molecular flexibility index (Phi) is 7.47. The fourth-order valence-electron chi connectivity index (χ4n) is 4.16. The molecular formula is C25H30N8O4. The Hall–Kier alpha value is -4.16. The second kappa shape index (κ2) is 11.3. The van der Waals surface area contributed by atoms with Gasteiger partial charge in [-0.2, -0.15) is 5.10 Å². The summed E-state index contributed by atoms with van der Waals surface area (Å²) in [6, 6.07) is 11.4. The highest BCUT2D eigenvalue weighted by atomic mass is 16.6. The molecule has 1 aromatic carbocycles. The predicted molar refractivity (Wildman–Crippen MR) is 138 cm³/mol. The van der Waals surface area contributed by atoms with E-state index in [4.69, 9.17) is 24.2 Å². The second-order valence-corrected chi connectivity index (χ2v) is 8.59. The van der Waals surface area contributed by atoms with Gasteiger partial charge in [-0.25, -0.2) is 20.2 Å². The molecule has 5 rings (SSSR count). The molecule has 3 aromatic heterocycles. The van der Waals surface area contributed by atoms with Crippen molar-refractivity contribution in [3.8, 4) is 11.4 Å². The Labute approximate surface area is 214 Å². The SMILES string of the molecule is COCCn1cc(-c2nc3c(N4CCOCC4)cc(NNC(=O)OCc4ccccc4)nc3n2C)cn1. The number of ether oxygens (including phenoxy) is 3. The van der Waals surface area contributed by atoms with Crippen molar-refractivity contribution < 1.29 is 19.0 Å². The van der Waals surface area contributed by atoms with E-state index in [9.17, 15) is 4.79 Å². The van der Waals surface area contributed by atoms with Crippen LogP contribution in [0.5, 0.6) is 0 Å². The van der Waals surface area contributed by atoms with Crippen molar-refractivity contribution in [3.63, 3.8) is 0 Å². The summed E-state index contributed by atoms with van der Waals surface area (Å²) in [6.07, 6.45) is 3.13. The van der Waals surface area contributed by atoms with Crippen LogP contribution in [-0.2, 0) is 34.4 Å². The molecule has 0 spiro atoms. The van der Waals surface area contributed by atoms with Gasteiger partial charge in [0.1, 0.15) is 23.8 Å². The number of methoxy groups -OCH3 is 1. The molecule has 194 valence electrons. The number of amides is 1. The molecule has 4 aromatic rings. The van der Waals surface area contributed by atoms with Crippen molar-refractivity contribution in [3.05, 3.63) is 54.4 Å². The van der Waals surface area contributed by atoms with Crippen LogP contribution in [0.4, 0.5) is 16.3 Å². The number of carbonyl (C=O) groups excluding carboxylic acids is 1. The molecule has 0 aliphatic carbocycles. The van der Waals surface area contributed by atoms with Gasteiger partial charge in [-0.15, -0.1) is 0 Å². The lowest BCUT2D eigenvalue weighted by atomic mass is 10.2. The first-order valence-corrected chi connectivity index (χ1v) is 12.1. The van der Waals surface area contributed by atoms with E-state index in [1.165, 1.54) is 0 Å². The Morgan fingerprint density at radius 2 is 1.97 bits per heavy atom. The highest BCUT2D eigenvalue weighted by molar-refractivity contribution is 5.91. The Morgan fingerprint density at radius 1 is 1.16 bits per heavy atom. The van der Waals surface area contributed by atoms with Gasteiger partial charge < -0.3 is 23.7 Å². The molecular weight excluding hydrogens is 476 g/mol. The van der Waals surface area contributed by atoms with Gasteiger partial charge >= 0.3 is 6.09 Å². The van der Waals surface area contributed by atoms with E-state index in [1.807, 2.05) is 58.9 Å². The zero-order chi connectivity index (χ0) is 25.6. The predicted octanol–water partition coefficient (Wildman–Crippen LogP) is 2.57. The fraction of sp³-hybridized carbons (Fsp3) is 0.360. The number of rotatable bonds is 9. The number of morpholine rings is 1. The maximum atomic E-state index is 12.3. The molecule has 37 heavy (non-hydrogen) atoms. The van der Waals surface area contributed by atoms with E-state index in [1.54, 1.807) is 13.3 Å². The number of nitrogens with zero attached hydrogens (tertiary/aromatic N) is 6. The van der Waals surface area contributed by atoms with Crippen LogP contribution in [-0.4, -0.2) is 70.4 Å². The van der Waals surface area contributed by atoms with Crippen molar-refractivity contribution >= 4 is 28.8 Å². The number of imidazole rings is 1. The van der Waals surface area contributed by atoms with Crippen LogP contribution in [0.2, 0.25) is 0 Å². The van der Waals surface area contributed by atoms with Gasteiger partial charge in [0.2, 0.25) is 0 Å². The van der Waals surface area contributed by atoms with Crippen LogP contribution < -0.4 is 15.8 Å². The molecule has 0 atom stereocenters. The van der Waals surface area contributed by atoms with Gasteiger partial charge in [-0.3, -0.25) is 10.1 Å². The van der Waals surface area contributed by atoms with Gasteiger partial charge in [0.05, 0.1) is 43.8 Å². The summed E-state index contributed by atoms with van der Waals surface area (Å²) in [6.45, 7) is 4.10. The van der Waals surface area contributed by atoms with E-state index >= 15 is 0 Å². The highest BCUT2D eigenvalue weighted by Gasteiger charge is 2.22. The molecule has 1 fully saturated rings. The van der Waals surface area contributed by atoms with E-state index in [-0.39, 0.29) is 6.61 Å². The van der Waals surface area contributed by atoms with Crippen molar-refractivity contribution in [2.75, 3.05) is 50.3 Å². The van der Waals surface area contributed by atoms with Crippen molar-refractivity contribution in [2.24, 2.45) is 7.05 Å². The average Bonchev–Trinajstić information content (AvgIpc) is 3.54. The summed E-state index contributed by atoms with van der Waals surface area (Å²) >= 11 is 0. The number of anilines is 2. The third-order valence-corrected chi connectivity index (χ3v) is 6.08. The fourth-order valence-corrected chi connectivity index (χ4v) is 4.16. The molecule has 0 radical (unpaired) electrons. The molecule has 12 heteroatoms. The lowest BCUT2D eigenvalue weighted by molar-refractivity contribution is 0.123. The number of carbonyl (C=O) groups is 1. The standard InChI is InChI=1S/C25H30N8O4/c1-31-23(19-15-26-33(16-19)10-11-35-2)28-22-20(32-8-12-36-13-9-32)14-21(27-24(22)31)29-30-25(34)37-17-18-6-4-3-5-7-18/h3-7,14-16H,8-13,17H2,1-2H3,(H,27,29)(H,30,34). The van der Waals surface area contributed by atoms with Crippen LogP contribution in [0, 0.1) is 0 Å². The minimum atomic E-state index is -0.604. The maximum absolute atomic E-state index is 12.3. The van der Waals surface area contributed by atoms with Crippen molar-refractivity contribution in [1.29, 1.82) is 0 Å². The van der Waals surface area contributed by atoms with Gasteiger partial charge in [0.15, 0.2) is 5.65 Å². The normalized spacial score (nSPS) is 13.6. The number of pyridine rings is 1. The number of nitrogens with one attached hydrogen (secondary N) is 2. The lowest BCUT2D eigenvalue weighted by Crippen LogP contribution is -2.36. The summed E-state index contributed by atoms with van der Waals surface area (Å²) in [5.74, 6) is 1.21. The number of aryl methyl sites for hydroxylation is 1. The molecule has 0 saturated carbocycles. The quantitative estimate of drug-likeness (QED) is 0.330. The van der Waals surface area contributed by atoms with Gasteiger partial charge in [0, 0.05) is 39.5 Å². The van der Waals surface area contributed by atoms with Crippen LogP contribution in [0.3, 0.4) is 0 Å². The number of hydrogen-bond donors (Lipinski definition) is 2. The van der Waals surface area contributed by atoms with Crippen LogP contribution >= 0.6 is 0 Å². The van der Waals surface area contributed by atoms with E-state index in [0.29, 0.717) is 37.8 Å². The highest BCUT2D eigenvalue weighted by Crippen LogP contribution is 2.32. The van der Waals surface area contributed by atoms with Crippen molar-refractivity contribution in [1.82, 2.24) is 29.7 Å². The topological polar surface area (TPSA) is 121 Å². The maximum Gasteiger partial charge on any atom is 0.426 e. The lowest BCUT2D eigenvalue weighted by Gasteiger charge is -2.29. The van der Waals surface area contributed by atoms with Crippen LogP contribution in [0.1, 0.15) is 5.56 Å². The number of benzene rings is 1. The summed E-state index contributed by atoms with van der Waals surface area (Å²) in [4.78, 5) is 24.2. The second-order valence-electron chi connectivity index (χ2n) is 8.59. The molecule has 4 heterocycles. The molecule has 1 aliphatic heterocycles. The first-order valence-electron chi connectivity index (χ1n) is 12.1. The molecule has 0 unspecified atom stereocenters. The largest absolute Gasteiger partial charge is 0.443 e. The smallest absolute Gasteiger partial charge is 0.426 e. The first kappa shape index (κ1) is 24.5. The molecule has 12 nitrogen and oxygen atoms in total. The molecule has 1 amide bonds. The van der Waals surface area contributed by atoms with E-state index in [2.05, 4.69) is 20.9 Å². The van der Waals surface area contributed by atoms with Gasteiger partial charge in [-0.05, 0) is 5.56 Å². The van der Waals surface area contributed by atoms with Crippen LogP contribution in [0.25, 0.3) is 22.6 Å². The zero-order valence-electron chi connectivity index (χ0n) is 20.9. The summed E-state index contributed by atoms with van der Waals surface area (Å²) in [5.41, 5.74) is 9.59. The van der Waals surface area contributed by atoms with Gasteiger partial charge in [0.25, 0.3) is 0 Å². The number of aromatic nitrogens is 5. The number of hydrogen-bond acceptors (Lipinski definition) is 9. The molecule has 2 N–H and O–H groups in total. The third-order valence-electron chi connectivity index (χ3n) is 6.08. The Bertz CT molecular complexity index is 1350. The Morgan fingerprint density at radius 3 is 2.76 bits per heavy atom. The minimum Gasteiger partial charge on any atom is -0.443 e. The zero-order valence-corrected chi connectivity index (χ0v) is 20.9. The summed E-state index contributed by atoms with van der Waals surface area (Å²) in [7, 11) is 3.58. The summed E-state index contributed by atoms with van der Waals surface area (Å²) in [5, 5.41) is 4.42. The van der Waals surface area contributed by atoms with Crippen LogP contribution in [0.15, 0.2) is 48.8 Å². The Balaban J connectivity index is 1.40. The summed E-state index contributed by atoms with van der Waals surface area (Å²) < 4.78 is 19.7.